The molecule has 0 radical (unpaired) electrons. The molecule has 1 spiro atoms. The van der Waals surface area contributed by atoms with Crippen molar-refractivity contribution in [2.45, 2.75) is 63.4 Å². The predicted octanol–water partition coefficient (Wildman–Crippen LogP) is 0.377. The van der Waals surface area contributed by atoms with Gasteiger partial charge in [-0.2, -0.15) is 0 Å². The Bertz CT molecular complexity index is 352. The van der Waals surface area contributed by atoms with Crippen LogP contribution in [0.4, 0.5) is 0 Å². The number of hydrogen-bond acceptors (Lipinski definition) is 6. The van der Waals surface area contributed by atoms with Gasteiger partial charge in [-0.15, -0.1) is 0 Å². The van der Waals surface area contributed by atoms with Crippen LogP contribution in [0.15, 0.2) is 0 Å². The summed E-state index contributed by atoms with van der Waals surface area (Å²) in [4.78, 5) is 0. The van der Waals surface area contributed by atoms with Crippen molar-refractivity contribution in [3.63, 3.8) is 0 Å². The lowest BCUT2D eigenvalue weighted by Crippen LogP contribution is -2.52. The smallest absolute Gasteiger partial charge is 0.224 e. The molecule has 3 fully saturated rings. The Morgan fingerprint density at radius 3 is 2.33 bits per heavy atom. The standard InChI is InChI=1S/C12H20O6/c1-10(2)14-5-7-8(17-10)9(13)12(16-7)6-15-11(3,4)18-12/h7-9,13H,5-6H2,1-4H3/t7-,8+,9-,12+/m0/s1. The van der Waals surface area contributed by atoms with E-state index in [9.17, 15) is 5.11 Å². The maximum absolute atomic E-state index is 10.4. The molecular formula is C12H20O6. The Morgan fingerprint density at radius 1 is 1.00 bits per heavy atom. The maximum atomic E-state index is 10.4. The second-order valence-corrected chi connectivity index (χ2v) is 6.00. The van der Waals surface area contributed by atoms with Crippen LogP contribution in [0, 0.1) is 0 Å². The number of aliphatic hydroxyl groups excluding tert-OH is 1. The Morgan fingerprint density at radius 2 is 1.72 bits per heavy atom. The molecule has 0 aromatic carbocycles. The van der Waals surface area contributed by atoms with Crippen LogP contribution in [-0.4, -0.2) is 54.0 Å². The molecule has 0 unspecified atom stereocenters. The second kappa shape index (κ2) is 3.65. The minimum absolute atomic E-state index is 0.192. The molecular weight excluding hydrogens is 240 g/mol. The first-order valence-corrected chi connectivity index (χ1v) is 6.25. The van der Waals surface area contributed by atoms with E-state index in [1.54, 1.807) is 13.8 Å². The van der Waals surface area contributed by atoms with Crippen molar-refractivity contribution in [1.29, 1.82) is 0 Å². The van der Waals surface area contributed by atoms with Gasteiger partial charge >= 0.3 is 0 Å². The monoisotopic (exact) mass is 260 g/mol. The normalized spacial score (nSPS) is 49.5. The highest BCUT2D eigenvalue weighted by Crippen LogP contribution is 2.45. The van der Waals surface area contributed by atoms with Crippen molar-refractivity contribution in [3.8, 4) is 0 Å². The Kier molecular flexibility index (Phi) is 2.59. The summed E-state index contributed by atoms with van der Waals surface area (Å²) in [5.41, 5.74) is 0. The SMILES string of the molecule is CC1(C)OC[C@@H]2O[C@@]3(COC(C)(C)O3)[C@@H](O)[C@@H]2O1. The van der Waals surface area contributed by atoms with Crippen molar-refractivity contribution >= 4 is 0 Å². The third kappa shape index (κ3) is 1.88. The van der Waals surface area contributed by atoms with E-state index in [-0.39, 0.29) is 12.7 Å². The summed E-state index contributed by atoms with van der Waals surface area (Å²) in [7, 11) is 0. The molecule has 1 N–H and O–H groups in total. The summed E-state index contributed by atoms with van der Waals surface area (Å²) in [6, 6.07) is 0. The molecule has 6 nitrogen and oxygen atoms in total. The van der Waals surface area contributed by atoms with E-state index in [4.69, 9.17) is 23.7 Å². The number of rotatable bonds is 0. The topological polar surface area (TPSA) is 66.4 Å². The lowest BCUT2D eigenvalue weighted by Gasteiger charge is -2.37. The van der Waals surface area contributed by atoms with Crippen LogP contribution in [-0.2, 0) is 23.7 Å². The van der Waals surface area contributed by atoms with E-state index < -0.39 is 29.6 Å². The molecule has 0 bridgehead atoms. The molecule has 3 rings (SSSR count). The van der Waals surface area contributed by atoms with Crippen LogP contribution < -0.4 is 0 Å². The van der Waals surface area contributed by atoms with Gasteiger partial charge in [-0.25, -0.2) is 0 Å². The fourth-order valence-electron chi connectivity index (χ4n) is 2.71. The highest BCUT2D eigenvalue weighted by Gasteiger charge is 2.64. The zero-order chi connectivity index (χ0) is 13.2. The predicted molar refractivity (Wildman–Crippen MR) is 59.6 cm³/mol. The summed E-state index contributed by atoms with van der Waals surface area (Å²) < 4.78 is 28.3. The molecule has 0 aliphatic carbocycles. The number of ether oxygens (including phenoxy) is 5. The molecule has 4 atom stereocenters. The van der Waals surface area contributed by atoms with Gasteiger partial charge in [0.2, 0.25) is 5.79 Å². The average molecular weight is 260 g/mol. The van der Waals surface area contributed by atoms with Crippen molar-refractivity contribution in [1.82, 2.24) is 0 Å². The minimum atomic E-state index is -1.14. The van der Waals surface area contributed by atoms with E-state index in [2.05, 4.69) is 0 Å². The Labute approximate surface area is 106 Å². The average Bonchev–Trinajstić information content (AvgIpc) is 2.68. The largest absolute Gasteiger partial charge is 0.385 e. The highest BCUT2D eigenvalue weighted by atomic mass is 16.9. The van der Waals surface area contributed by atoms with Crippen molar-refractivity contribution in [2.24, 2.45) is 0 Å². The van der Waals surface area contributed by atoms with Gasteiger partial charge in [-0.05, 0) is 27.7 Å². The summed E-state index contributed by atoms with van der Waals surface area (Å²) in [6.07, 6.45) is -1.66. The van der Waals surface area contributed by atoms with Gasteiger partial charge in [0.15, 0.2) is 11.6 Å². The molecule has 18 heavy (non-hydrogen) atoms. The van der Waals surface area contributed by atoms with Gasteiger partial charge in [-0.1, -0.05) is 0 Å². The Hall–Kier alpha value is -0.240. The van der Waals surface area contributed by atoms with Crippen molar-refractivity contribution in [2.75, 3.05) is 13.2 Å². The Balaban J connectivity index is 1.82. The second-order valence-electron chi connectivity index (χ2n) is 6.00. The van der Waals surface area contributed by atoms with Crippen LogP contribution in [0.3, 0.4) is 0 Å². The first-order chi connectivity index (χ1) is 8.23. The third-order valence-electron chi connectivity index (χ3n) is 3.53. The van der Waals surface area contributed by atoms with Crippen molar-refractivity contribution in [3.05, 3.63) is 0 Å². The first kappa shape index (κ1) is 12.8. The number of hydrogen-bond donors (Lipinski definition) is 1. The molecule has 3 aliphatic heterocycles. The molecule has 0 aromatic rings. The molecule has 3 saturated heterocycles. The fourth-order valence-corrected chi connectivity index (χ4v) is 2.71. The number of aliphatic hydroxyl groups is 1. The van der Waals surface area contributed by atoms with E-state index >= 15 is 0 Å². The molecule has 6 heteroatoms. The van der Waals surface area contributed by atoms with Gasteiger partial charge in [0, 0.05) is 0 Å². The van der Waals surface area contributed by atoms with Crippen LogP contribution in [0.25, 0.3) is 0 Å². The van der Waals surface area contributed by atoms with Crippen molar-refractivity contribution < 1.29 is 28.8 Å². The van der Waals surface area contributed by atoms with E-state index in [0.717, 1.165) is 0 Å². The lowest BCUT2D eigenvalue weighted by molar-refractivity contribution is -0.303. The van der Waals surface area contributed by atoms with E-state index in [1.165, 1.54) is 0 Å². The quantitative estimate of drug-likeness (QED) is 0.679. The van der Waals surface area contributed by atoms with Gasteiger partial charge < -0.3 is 28.8 Å². The fraction of sp³-hybridized carbons (Fsp3) is 1.00. The summed E-state index contributed by atoms with van der Waals surface area (Å²) in [6.45, 7) is 7.79. The van der Waals surface area contributed by atoms with E-state index in [0.29, 0.717) is 6.61 Å². The molecule has 0 amide bonds. The number of fused-ring (bicyclic) bond motifs is 1. The van der Waals surface area contributed by atoms with Gasteiger partial charge in [0.05, 0.1) is 6.61 Å². The zero-order valence-corrected chi connectivity index (χ0v) is 11.1. The van der Waals surface area contributed by atoms with Gasteiger partial charge in [0.25, 0.3) is 0 Å². The van der Waals surface area contributed by atoms with Crippen LogP contribution >= 0.6 is 0 Å². The molecule has 104 valence electrons. The minimum Gasteiger partial charge on any atom is -0.385 e. The molecule has 3 aliphatic rings. The highest BCUT2D eigenvalue weighted by molar-refractivity contribution is 5.02. The van der Waals surface area contributed by atoms with Gasteiger partial charge in [0.1, 0.15) is 24.9 Å². The molecule has 0 saturated carbocycles. The van der Waals surface area contributed by atoms with Crippen LogP contribution in [0.2, 0.25) is 0 Å². The summed E-state index contributed by atoms with van der Waals surface area (Å²) in [5, 5.41) is 10.4. The zero-order valence-electron chi connectivity index (χ0n) is 11.1. The maximum Gasteiger partial charge on any atom is 0.224 e. The summed E-state index contributed by atoms with van der Waals surface area (Å²) in [5.74, 6) is -2.61. The molecule has 3 heterocycles. The third-order valence-corrected chi connectivity index (χ3v) is 3.53. The van der Waals surface area contributed by atoms with E-state index in [1.807, 2.05) is 13.8 Å². The van der Waals surface area contributed by atoms with Crippen LogP contribution in [0.5, 0.6) is 0 Å². The first-order valence-electron chi connectivity index (χ1n) is 6.25. The van der Waals surface area contributed by atoms with Gasteiger partial charge in [-0.3, -0.25) is 0 Å². The molecule has 0 aromatic heterocycles. The lowest BCUT2D eigenvalue weighted by atomic mass is 10.0. The van der Waals surface area contributed by atoms with Crippen LogP contribution in [0.1, 0.15) is 27.7 Å². The summed E-state index contributed by atoms with van der Waals surface area (Å²) >= 11 is 0.